The maximum absolute atomic E-state index is 12.7. The molecule has 5 aromatic rings. The van der Waals surface area contributed by atoms with E-state index in [1.165, 1.54) is 5.56 Å². The van der Waals surface area contributed by atoms with Gasteiger partial charge in [0.2, 0.25) is 5.95 Å². The van der Waals surface area contributed by atoms with Crippen molar-refractivity contribution in [1.29, 1.82) is 0 Å². The van der Waals surface area contributed by atoms with E-state index in [4.69, 9.17) is 0 Å². The van der Waals surface area contributed by atoms with Crippen molar-refractivity contribution >= 4 is 22.9 Å². The van der Waals surface area contributed by atoms with Crippen LogP contribution >= 0.6 is 0 Å². The summed E-state index contributed by atoms with van der Waals surface area (Å²) in [5.74, 6) is 1.15. The number of hydrogen-bond donors (Lipinski definition) is 2. The molecular weight excluding hydrogens is 436 g/mol. The molecule has 1 unspecified atom stereocenters. The molecule has 1 amide bonds. The van der Waals surface area contributed by atoms with Gasteiger partial charge in [-0.3, -0.25) is 9.36 Å². The monoisotopic (exact) mass is 462 g/mol. The third kappa shape index (κ3) is 5.19. The van der Waals surface area contributed by atoms with Crippen LogP contribution in [-0.4, -0.2) is 32.0 Å². The van der Waals surface area contributed by atoms with Crippen molar-refractivity contribution in [2.45, 2.75) is 19.4 Å². The normalized spacial score (nSPS) is 11.8. The summed E-state index contributed by atoms with van der Waals surface area (Å²) in [6.45, 7) is 2.61. The largest absolute Gasteiger partial charge is 0.352 e. The molecule has 0 saturated heterocycles. The lowest BCUT2D eigenvalue weighted by Gasteiger charge is -2.16. The summed E-state index contributed by atoms with van der Waals surface area (Å²) in [5, 5.41) is 6.36. The molecule has 7 heteroatoms. The molecule has 0 aliphatic carbocycles. The van der Waals surface area contributed by atoms with Gasteiger partial charge < -0.3 is 10.6 Å². The molecule has 7 nitrogen and oxygen atoms in total. The molecule has 2 aromatic heterocycles. The SMILES string of the molecule is CC(Nc1nccc(-n2cnc3ccccc32)n1)c1cccc(C(=O)NCCc2ccccc2)c1. The van der Waals surface area contributed by atoms with Crippen molar-refractivity contribution in [3.05, 3.63) is 114 Å². The van der Waals surface area contributed by atoms with Gasteiger partial charge >= 0.3 is 0 Å². The fourth-order valence-electron chi connectivity index (χ4n) is 3.99. The molecule has 0 aliphatic rings. The van der Waals surface area contributed by atoms with Gasteiger partial charge in [-0.15, -0.1) is 0 Å². The van der Waals surface area contributed by atoms with Gasteiger partial charge in [0.1, 0.15) is 12.1 Å². The van der Waals surface area contributed by atoms with Gasteiger partial charge in [0, 0.05) is 18.3 Å². The fourth-order valence-corrected chi connectivity index (χ4v) is 3.99. The van der Waals surface area contributed by atoms with Gasteiger partial charge in [0.05, 0.1) is 17.1 Å². The number of imidazole rings is 1. The summed E-state index contributed by atoms with van der Waals surface area (Å²) < 4.78 is 1.94. The molecule has 0 bridgehead atoms. The zero-order valence-electron chi connectivity index (χ0n) is 19.4. The number of nitrogens with one attached hydrogen (secondary N) is 2. The second-order valence-corrected chi connectivity index (χ2v) is 8.32. The molecule has 35 heavy (non-hydrogen) atoms. The van der Waals surface area contributed by atoms with E-state index in [-0.39, 0.29) is 11.9 Å². The molecule has 0 fully saturated rings. The molecule has 2 N–H and O–H groups in total. The molecule has 1 atom stereocenters. The van der Waals surface area contributed by atoms with Crippen LogP contribution in [0.4, 0.5) is 5.95 Å². The molecule has 0 spiro atoms. The molecule has 0 aliphatic heterocycles. The van der Waals surface area contributed by atoms with E-state index in [1.54, 1.807) is 12.5 Å². The number of carbonyl (C=O) groups is 1. The van der Waals surface area contributed by atoms with Crippen LogP contribution in [0.5, 0.6) is 0 Å². The van der Waals surface area contributed by atoms with Crippen molar-refractivity contribution in [2.24, 2.45) is 0 Å². The van der Waals surface area contributed by atoms with Gasteiger partial charge in [-0.2, -0.15) is 4.98 Å². The molecule has 0 saturated carbocycles. The highest BCUT2D eigenvalue weighted by molar-refractivity contribution is 5.94. The maximum atomic E-state index is 12.7. The quantitative estimate of drug-likeness (QED) is 0.340. The molecule has 2 heterocycles. The summed E-state index contributed by atoms with van der Waals surface area (Å²) in [6.07, 6.45) is 4.28. The minimum atomic E-state index is -0.0955. The maximum Gasteiger partial charge on any atom is 0.251 e. The number of aromatic nitrogens is 4. The summed E-state index contributed by atoms with van der Waals surface area (Å²) in [5.41, 5.74) is 4.70. The van der Waals surface area contributed by atoms with Crippen molar-refractivity contribution in [3.63, 3.8) is 0 Å². The van der Waals surface area contributed by atoms with Gasteiger partial charge in [0.25, 0.3) is 5.91 Å². The summed E-state index contributed by atoms with van der Waals surface area (Å²) in [6, 6.07) is 27.4. The van der Waals surface area contributed by atoms with Crippen LogP contribution in [0.2, 0.25) is 0 Å². The first-order valence-electron chi connectivity index (χ1n) is 11.6. The fraction of sp³-hybridized carbons (Fsp3) is 0.143. The number of para-hydroxylation sites is 2. The van der Waals surface area contributed by atoms with E-state index in [9.17, 15) is 4.79 Å². The van der Waals surface area contributed by atoms with Crippen LogP contribution in [0.3, 0.4) is 0 Å². The van der Waals surface area contributed by atoms with Crippen LogP contribution in [0, 0.1) is 0 Å². The Morgan fingerprint density at radius 2 is 1.77 bits per heavy atom. The Labute approximate surface area is 203 Å². The standard InChI is InChI=1S/C28H26N6O/c1-20(22-10-7-11-23(18-22)27(35)29-16-14-21-8-3-2-4-9-21)32-28-30-17-15-26(33-28)34-19-31-24-12-5-6-13-25(24)34/h2-13,15,17-20H,14,16H2,1H3,(H,29,35)(H,30,32,33). The number of amides is 1. The first-order valence-corrected chi connectivity index (χ1v) is 11.6. The number of fused-ring (bicyclic) bond motifs is 1. The highest BCUT2D eigenvalue weighted by Crippen LogP contribution is 2.20. The second kappa shape index (κ2) is 10.2. The van der Waals surface area contributed by atoms with Crippen LogP contribution in [0.1, 0.15) is 34.5 Å². The van der Waals surface area contributed by atoms with Crippen molar-refractivity contribution in [3.8, 4) is 5.82 Å². The van der Waals surface area contributed by atoms with Crippen molar-refractivity contribution < 1.29 is 4.79 Å². The van der Waals surface area contributed by atoms with Crippen LogP contribution < -0.4 is 10.6 Å². The Morgan fingerprint density at radius 3 is 2.66 bits per heavy atom. The smallest absolute Gasteiger partial charge is 0.251 e. The number of benzene rings is 3. The molecular formula is C28H26N6O. The zero-order valence-corrected chi connectivity index (χ0v) is 19.4. The van der Waals surface area contributed by atoms with E-state index in [2.05, 4.69) is 37.7 Å². The van der Waals surface area contributed by atoms with Crippen LogP contribution in [0.15, 0.2) is 97.5 Å². The minimum Gasteiger partial charge on any atom is -0.352 e. The highest BCUT2D eigenvalue weighted by atomic mass is 16.1. The highest BCUT2D eigenvalue weighted by Gasteiger charge is 2.12. The third-order valence-corrected chi connectivity index (χ3v) is 5.88. The van der Waals surface area contributed by atoms with Crippen molar-refractivity contribution in [1.82, 2.24) is 24.8 Å². The molecule has 0 radical (unpaired) electrons. The number of hydrogen-bond acceptors (Lipinski definition) is 5. The Bertz CT molecular complexity index is 1450. The van der Waals surface area contributed by atoms with Crippen LogP contribution in [0.25, 0.3) is 16.9 Å². The number of carbonyl (C=O) groups excluding carboxylic acids is 1. The van der Waals surface area contributed by atoms with Gasteiger partial charge in [0.15, 0.2) is 0 Å². The zero-order chi connectivity index (χ0) is 24.0. The van der Waals surface area contributed by atoms with E-state index in [1.807, 2.05) is 84.3 Å². The van der Waals surface area contributed by atoms with Gasteiger partial charge in [-0.1, -0.05) is 54.6 Å². The predicted octanol–water partition coefficient (Wildman–Crippen LogP) is 4.96. The Balaban J connectivity index is 1.25. The average molecular weight is 463 g/mol. The third-order valence-electron chi connectivity index (χ3n) is 5.88. The van der Waals surface area contributed by atoms with Gasteiger partial charge in [-0.25, -0.2) is 9.97 Å². The summed E-state index contributed by atoms with van der Waals surface area (Å²) in [7, 11) is 0. The molecule has 3 aromatic carbocycles. The van der Waals surface area contributed by atoms with Gasteiger partial charge in [-0.05, 0) is 54.8 Å². The number of rotatable bonds is 8. The topological polar surface area (TPSA) is 84.7 Å². The van der Waals surface area contributed by atoms with E-state index in [0.29, 0.717) is 18.1 Å². The van der Waals surface area contributed by atoms with E-state index in [0.717, 1.165) is 28.8 Å². The summed E-state index contributed by atoms with van der Waals surface area (Å²) >= 11 is 0. The minimum absolute atomic E-state index is 0.0831. The lowest BCUT2D eigenvalue weighted by Crippen LogP contribution is -2.26. The van der Waals surface area contributed by atoms with Crippen molar-refractivity contribution in [2.75, 3.05) is 11.9 Å². The van der Waals surface area contributed by atoms with E-state index < -0.39 is 0 Å². The Kier molecular flexibility index (Phi) is 6.48. The van der Waals surface area contributed by atoms with Crippen LogP contribution in [-0.2, 0) is 6.42 Å². The first kappa shape index (κ1) is 22.3. The second-order valence-electron chi connectivity index (χ2n) is 8.32. The number of anilines is 1. The number of nitrogens with zero attached hydrogens (tertiary/aromatic N) is 4. The molecule has 174 valence electrons. The Morgan fingerprint density at radius 1 is 0.943 bits per heavy atom. The Hall–Kier alpha value is -4.52. The predicted molar refractivity (Wildman–Crippen MR) is 138 cm³/mol. The lowest BCUT2D eigenvalue weighted by atomic mass is 10.0. The lowest BCUT2D eigenvalue weighted by molar-refractivity contribution is 0.0954. The van der Waals surface area contributed by atoms with E-state index >= 15 is 0 Å². The average Bonchev–Trinajstić information content (AvgIpc) is 3.34. The first-order chi connectivity index (χ1) is 17.2. The molecule has 5 rings (SSSR count). The summed E-state index contributed by atoms with van der Waals surface area (Å²) in [4.78, 5) is 26.2.